The van der Waals surface area contributed by atoms with Gasteiger partial charge in [0.05, 0.1) is 21.4 Å². The molecule has 0 saturated heterocycles. The minimum atomic E-state index is -1.25. The van der Waals surface area contributed by atoms with Crippen LogP contribution < -0.4 is 10.8 Å². The minimum Gasteiger partial charge on any atom is -0.394 e. The van der Waals surface area contributed by atoms with Gasteiger partial charge in [-0.25, -0.2) is 19.2 Å². The number of nitrogens with zero attached hydrogens (tertiary/aromatic N) is 1. The SMILES string of the molecule is O=C(NOCC(O)CO)c1ccc(F)c(F)c1Nc1ncc(I)cc1I. The summed E-state index contributed by atoms with van der Waals surface area (Å²) in [7, 11) is 0. The molecule has 1 atom stereocenters. The molecule has 2 rings (SSSR count). The third kappa shape index (κ3) is 5.42. The Bertz CT molecular complexity index is 811. The van der Waals surface area contributed by atoms with Crippen LogP contribution in [0.25, 0.3) is 0 Å². The molecule has 0 saturated carbocycles. The van der Waals surface area contributed by atoms with E-state index in [2.05, 4.69) is 32.9 Å². The van der Waals surface area contributed by atoms with Gasteiger partial charge < -0.3 is 15.5 Å². The lowest BCUT2D eigenvalue weighted by molar-refractivity contribution is -0.0295. The van der Waals surface area contributed by atoms with Crippen molar-refractivity contribution in [3.05, 3.63) is 48.7 Å². The molecule has 1 aromatic heterocycles. The molecule has 140 valence electrons. The van der Waals surface area contributed by atoms with Gasteiger partial charge in [0.1, 0.15) is 18.5 Å². The molecule has 4 N–H and O–H groups in total. The molecule has 0 spiro atoms. The molecule has 0 aliphatic heterocycles. The van der Waals surface area contributed by atoms with Crippen LogP contribution in [0.4, 0.5) is 20.3 Å². The van der Waals surface area contributed by atoms with Crippen molar-refractivity contribution in [2.24, 2.45) is 0 Å². The molecule has 0 radical (unpaired) electrons. The second-order valence-corrected chi connectivity index (χ2v) is 7.38. The summed E-state index contributed by atoms with van der Waals surface area (Å²) in [6.07, 6.45) is 0.344. The normalized spacial score (nSPS) is 11.9. The van der Waals surface area contributed by atoms with Gasteiger partial charge in [0.2, 0.25) is 0 Å². The zero-order chi connectivity index (χ0) is 19.3. The highest BCUT2D eigenvalue weighted by Gasteiger charge is 2.20. The number of halogens is 4. The molecule has 0 aliphatic carbocycles. The third-order valence-electron chi connectivity index (χ3n) is 3.04. The van der Waals surface area contributed by atoms with Gasteiger partial charge in [0.15, 0.2) is 11.6 Å². The number of nitrogens with one attached hydrogen (secondary N) is 2. The Morgan fingerprint density at radius 2 is 2.08 bits per heavy atom. The summed E-state index contributed by atoms with van der Waals surface area (Å²) in [6.45, 7) is -0.921. The largest absolute Gasteiger partial charge is 0.394 e. The van der Waals surface area contributed by atoms with Gasteiger partial charge in [0, 0.05) is 9.77 Å². The number of rotatable bonds is 7. The van der Waals surface area contributed by atoms with Crippen molar-refractivity contribution < 1.29 is 28.6 Å². The minimum absolute atomic E-state index is 0.224. The van der Waals surface area contributed by atoms with Gasteiger partial charge in [-0.05, 0) is 63.4 Å². The number of carbonyl (C=O) groups excluding carboxylic acids is 1. The first-order chi connectivity index (χ1) is 12.3. The van der Waals surface area contributed by atoms with E-state index >= 15 is 0 Å². The number of hydrogen-bond donors (Lipinski definition) is 4. The van der Waals surface area contributed by atoms with E-state index in [9.17, 15) is 13.6 Å². The second-order valence-electron chi connectivity index (χ2n) is 4.97. The zero-order valence-electron chi connectivity index (χ0n) is 13.0. The van der Waals surface area contributed by atoms with Crippen molar-refractivity contribution in [3.8, 4) is 0 Å². The summed E-state index contributed by atoms with van der Waals surface area (Å²) in [5.74, 6) is -3.00. The van der Waals surface area contributed by atoms with E-state index in [1.54, 1.807) is 6.07 Å². The maximum atomic E-state index is 14.3. The van der Waals surface area contributed by atoms with Gasteiger partial charge in [0.25, 0.3) is 5.91 Å². The van der Waals surface area contributed by atoms with Gasteiger partial charge in [-0.2, -0.15) is 0 Å². The van der Waals surface area contributed by atoms with E-state index in [1.165, 1.54) is 6.20 Å². The predicted molar refractivity (Wildman–Crippen MR) is 106 cm³/mol. The lowest BCUT2D eigenvalue weighted by Crippen LogP contribution is -2.30. The Balaban J connectivity index is 2.27. The summed E-state index contributed by atoms with van der Waals surface area (Å²) >= 11 is 4.03. The van der Waals surface area contributed by atoms with Crippen molar-refractivity contribution >= 4 is 62.6 Å². The maximum Gasteiger partial charge on any atom is 0.277 e. The number of anilines is 2. The fraction of sp³-hybridized carbons (Fsp3) is 0.200. The molecule has 26 heavy (non-hydrogen) atoms. The topological polar surface area (TPSA) is 104 Å². The van der Waals surface area contributed by atoms with Crippen LogP contribution in [0.2, 0.25) is 0 Å². The van der Waals surface area contributed by atoms with Gasteiger partial charge in [-0.15, -0.1) is 0 Å². The monoisotopic (exact) mass is 591 g/mol. The Kier molecular flexibility index (Phi) is 7.87. The van der Waals surface area contributed by atoms with Crippen LogP contribution in [-0.4, -0.2) is 40.4 Å². The number of hydroxylamine groups is 1. The molecule has 1 heterocycles. The molecular weight excluding hydrogens is 578 g/mol. The van der Waals surface area contributed by atoms with E-state index in [-0.39, 0.29) is 18.0 Å². The number of aliphatic hydroxyl groups is 2. The quantitative estimate of drug-likeness (QED) is 0.292. The van der Waals surface area contributed by atoms with Crippen LogP contribution in [0.1, 0.15) is 10.4 Å². The fourth-order valence-corrected chi connectivity index (χ4v) is 3.45. The maximum absolute atomic E-state index is 14.3. The smallest absolute Gasteiger partial charge is 0.277 e. The Morgan fingerprint density at radius 3 is 2.73 bits per heavy atom. The summed E-state index contributed by atoms with van der Waals surface area (Å²) in [6, 6.07) is 3.67. The Morgan fingerprint density at radius 1 is 1.35 bits per heavy atom. The average Bonchev–Trinajstić information content (AvgIpc) is 2.60. The van der Waals surface area contributed by atoms with E-state index in [1.807, 2.05) is 28.1 Å². The van der Waals surface area contributed by atoms with Crippen molar-refractivity contribution in [2.45, 2.75) is 6.10 Å². The lowest BCUT2D eigenvalue weighted by Gasteiger charge is -2.14. The van der Waals surface area contributed by atoms with Crippen LogP contribution in [0.3, 0.4) is 0 Å². The number of benzene rings is 1. The van der Waals surface area contributed by atoms with Crippen molar-refractivity contribution in [3.63, 3.8) is 0 Å². The Labute approximate surface area is 174 Å². The van der Waals surface area contributed by atoms with E-state index in [0.717, 1.165) is 15.7 Å². The van der Waals surface area contributed by atoms with Crippen LogP contribution in [0.15, 0.2) is 24.4 Å². The first-order valence-electron chi connectivity index (χ1n) is 7.10. The zero-order valence-corrected chi connectivity index (χ0v) is 17.3. The Hall–Kier alpha value is -1.16. The number of amides is 1. The highest BCUT2D eigenvalue weighted by molar-refractivity contribution is 14.1. The van der Waals surface area contributed by atoms with Crippen LogP contribution >= 0.6 is 45.2 Å². The molecule has 11 heteroatoms. The summed E-state index contributed by atoms with van der Waals surface area (Å²) in [5.41, 5.74) is 1.37. The lowest BCUT2D eigenvalue weighted by atomic mass is 10.1. The van der Waals surface area contributed by atoms with Crippen LogP contribution in [0.5, 0.6) is 0 Å². The molecule has 1 amide bonds. The number of hydrogen-bond acceptors (Lipinski definition) is 6. The van der Waals surface area contributed by atoms with Crippen molar-refractivity contribution in [1.82, 2.24) is 10.5 Å². The van der Waals surface area contributed by atoms with E-state index < -0.39 is 35.9 Å². The number of aliphatic hydroxyl groups excluding tert-OH is 2. The summed E-state index contributed by atoms with van der Waals surface area (Å²) < 4.78 is 29.4. The third-order valence-corrected chi connectivity index (χ3v) is 4.45. The van der Waals surface area contributed by atoms with Crippen molar-refractivity contribution in [1.29, 1.82) is 0 Å². The van der Waals surface area contributed by atoms with Crippen molar-refractivity contribution in [2.75, 3.05) is 18.5 Å². The summed E-state index contributed by atoms with van der Waals surface area (Å²) in [4.78, 5) is 21.0. The highest BCUT2D eigenvalue weighted by Crippen LogP contribution is 2.28. The molecule has 1 unspecified atom stereocenters. The average molecular weight is 591 g/mol. The van der Waals surface area contributed by atoms with Crippen LogP contribution in [0, 0.1) is 18.8 Å². The molecular formula is C15H13F2I2N3O4. The van der Waals surface area contributed by atoms with Gasteiger partial charge >= 0.3 is 0 Å². The highest BCUT2D eigenvalue weighted by atomic mass is 127. The number of aromatic nitrogens is 1. The van der Waals surface area contributed by atoms with E-state index in [4.69, 9.17) is 15.1 Å². The standard InChI is InChI=1S/C15H13F2I2N3O4/c16-10-2-1-9(15(25)22-26-6-8(24)5-23)13(12(10)17)21-14-11(19)3-7(18)4-20-14/h1-4,8,23-24H,5-6H2,(H,20,21)(H,22,25). The van der Waals surface area contributed by atoms with Gasteiger partial charge in [-0.1, -0.05) is 0 Å². The molecule has 2 aromatic rings. The second kappa shape index (κ2) is 9.68. The molecule has 7 nitrogen and oxygen atoms in total. The fourth-order valence-electron chi connectivity index (χ4n) is 1.80. The molecule has 0 fully saturated rings. The molecule has 1 aromatic carbocycles. The van der Waals surface area contributed by atoms with Crippen LogP contribution in [-0.2, 0) is 4.84 Å². The van der Waals surface area contributed by atoms with E-state index in [0.29, 0.717) is 3.57 Å². The van der Waals surface area contributed by atoms with Gasteiger partial charge in [-0.3, -0.25) is 9.63 Å². The molecule has 0 aliphatic rings. The summed E-state index contributed by atoms with van der Waals surface area (Å²) in [5, 5.41) is 20.5. The first kappa shape index (κ1) is 21.1. The number of carbonyl (C=O) groups is 1. The number of pyridine rings is 1. The molecule has 0 bridgehead atoms. The first-order valence-corrected chi connectivity index (χ1v) is 9.26. The predicted octanol–water partition coefficient (Wildman–Crippen LogP) is 2.33.